The third-order valence-corrected chi connectivity index (χ3v) is 2.45. The van der Waals surface area contributed by atoms with Gasteiger partial charge in [0.15, 0.2) is 0 Å². The van der Waals surface area contributed by atoms with Gasteiger partial charge in [-0.3, -0.25) is 0 Å². The Labute approximate surface area is 100 Å². The lowest BCUT2D eigenvalue weighted by molar-refractivity contribution is 0.511. The van der Waals surface area contributed by atoms with Crippen LogP contribution < -0.4 is 11.1 Å². The summed E-state index contributed by atoms with van der Waals surface area (Å²) in [6, 6.07) is 8.48. The van der Waals surface area contributed by atoms with Gasteiger partial charge in [0.1, 0.15) is 0 Å². The van der Waals surface area contributed by atoms with Crippen molar-refractivity contribution in [3.63, 3.8) is 0 Å². The number of rotatable bonds is 4. The molecule has 0 aliphatic carbocycles. The molecule has 1 aromatic carbocycles. The van der Waals surface area contributed by atoms with E-state index in [1.807, 2.05) is 12.1 Å². The summed E-state index contributed by atoms with van der Waals surface area (Å²) >= 11 is 0. The van der Waals surface area contributed by atoms with Crippen LogP contribution in [-0.4, -0.2) is 10.2 Å². The summed E-state index contributed by atoms with van der Waals surface area (Å²) < 4.78 is 5.28. The van der Waals surface area contributed by atoms with Gasteiger partial charge in [0.05, 0.1) is 6.54 Å². The SMILES string of the molecule is CC(C)c1cccc(Nc2nnc(CN)o2)c1. The zero-order valence-electron chi connectivity index (χ0n) is 9.97. The van der Waals surface area contributed by atoms with E-state index >= 15 is 0 Å². The average Bonchev–Trinajstić information content (AvgIpc) is 2.77. The number of nitrogens with two attached hydrogens (primary N) is 1. The van der Waals surface area contributed by atoms with Crippen LogP contribution in [0.15, 0.2) is 28.7 Å². The predicted molar refractivity (Wildman–Crippen MR) is 66.0 cm³/mol. The minimum absolute atomic E-state index is 0.251. The Kier molecular flexibility index (Phi) is 3.39. The van der Waals surface area contributed by atoms with Crippen LogP contribution in [0.25, 0.3) is 0 Å². The van der Waals surface area contributed by atoms with Crippen molar-refractivity contribution in [3.05, 3.63) is 35.7 Å². The fraction of sp³-hybridized carbons (Fsp3) is 0.333. The number of aromatic nitrogens is 2. The first-order chi connectivity index (χ1) is 8.19. The maximum atomic E-state index is 5.40. The third-order valence-electron chi connectivity index (χ3n) is 2.45. The smallest absolute Gasteiger partial charge is 0.320 e. The molecule has 90 valence electrons. The fourth-order valence-electron chi connectivity index (χ4n) is 1.49. The lowest BCUT2D eigenvalue weighted by Crippen LogP contribution is -1.95. The van der Waals surface area contributed by atoms with Gasteiger partial charge in [-0.2, -0.15) is 0 Å². The zero-order chi connectivity index (χ0) is 12.3. The number of nitrogens with zero attached hydrogens (tertiary/aromatic N) is 2. The van der Waals surface area contributed by atoms with Gasteiger partial charge < -0.3 is 15.5 Å². The van der Waals surface area contributed by atoms with Crippen LogP contribution in [0.4, 0.5) is 11.7 Å². The summed E-state index contributed by atoms with van der Waals surface area (Å²) in [5.74, 6) is 0.909. The van der Waals surface area contributed by atoms with E-state index in [0.29, 0.717) is 17.8 Å². The van der Waals surface area contributed by atoms with Crippen molar-refractivity contribution in [2.45, 2.75) is 26.3 Å². The van der Waals surface area contributed by atoms with Crippen molar-refractivity contribution in [1.29, 1.82) is 0 Å². The van der Waals surface area contributed by atoms with Crippen LogP contribution in [-0.2, 0) is 6.54 Å². The quantitative estimate of drug-likeness (QED) is 0.846. The Hall–Kier alpha value is -1.88. The maximum absolute atomic E-state index is 5.40. The topological polar surface area (TPSA) is 77.0 Å². The lowest BCUT2D eigenvalue weighted by Gasteiger charge is -2.07. The first kappa shape index (κ1) is 11.6. The molecule has 0 fully saturated rings. The van der Waals surface area contributed by atoms with E-state index < -0.39 is 0 Å². The van der Waals surface area contributed by atoms with Crippen molar-refractivity contribution in [2.75, 3.05) is 5.32 Å². The minimum Gasteiger partial charge on any atom is -0.406 e. The van der Waals surface area contributed by atoms with E-state index in [2.05, 4.69) is 41.5 Å². The molecule has 5 nitrogen and oxygen atoms in total. The van der Waals surface area contributed by atoms with Crippen LogP contribution in [0.2, 0.25) is 0 Å². The highest BCUT2D eigenvalue weighted by molar-refractivity contribution is 5.53. The summed E-state index contributed by atoms with van der Waals surface area (Å²) in [4.78, 5) is 0. The van der Waals surface area contributed by atoms with Gasteiger partial charge in [0, 0.05) is 5.69 Å². The lowest BCUT2D eigenvalue weighted by atomic mass is 10.0. The summed E-state index contributed by atoms with van der Waals surface area (Å²) in [6.45, 7) is 4.55. The normalized spacial score (nSPS) is 10.8. The molecule has 0 aliphatic heterocycles. The molecule has 0 aliphatic rings. The average molecular weight is 232 g/mol. The van der Waals surface area contributed by atoms with E-state index in [1.54, 1.807) is 0 Å². The van der Waals surface area contributed by atoms with Crippen LogP contribution >= 0.6 is 0 Å². The second-order valence-electron chi connectivity index (χ2n) is 4.11. The molecule has 5 heteroatoms. The monoisotopic (exact) mass is 232 g/mol. The summed E-state index contributed by atoms with van der Waals surface area (Å²) in [7, 11) is 0. The summed E-state index contributed by atoms with van der Waals surface area (Å²) in [6.07, 6.45) is 0. The van der Waals surface area contributed by atoms with Gasteiger partial charge in [-0.15, -0.1) is 5.10 Å². The molecule has 0 unspecified atom stereocenters. The molecule has 1 aromatic heterocycles. The summed E-state index contributed by atoms with van der Waals surface area (Å²) in [5.41, 5.74) is 7.59. The molecule has 1 heterocycles. The van der Waals surface area contributed by atoms with Crippen molar-refractivity contribution in [1.82, 2.24) is 10.2 Å². The molecular formula is C12H16N4O. The Bertz CT molecular complexity index is 493. The van der Waals surface area contributed by atoms with Gasteiger partial charge in [-0.1, -0.05) is 31.1 Å². The molecule has 0 spiro atoms. The van der Waals surface area contributed by atoms with Crippen molar-refractivity contribution in [2.24, 2.45) is 5.73 Å². The number of benzene rings is 1. The number of hydrogen-bond donors (Lipinski definition) is 2. The molecule has 0 saturated carbocycles. The Morgan fingerprint density at radius 3 is 2.82 bits per heavy atom. The molecule has 0 radical (unpaired) electrons. The second kappa shape index (κ2) is 4.97. The zero-order valence-corrected chi connectivity index (χ0v) is 9.97. The molecule has 0 atom stereocenters. The highest BCUT2D eigenvalue weighted by Crippen LogP contribution is 2.21. The van der Waals surface area contributed by atoms with Crippen molar-refractivity contribution in [3.8, 4) is 0 Å². The van der Waals surface area contributed by atoms with E-state index in [-0.39, 0.29) is 6.54 Å². The summed E-state index contributed by atoms with van der Waals surface area (Å²) in [5, 5.41) is 10.7. The molecule has 2 aromatic rings. The predicted octanol–water partition coefficient (Wildman–Crippen LogP) is 2.40. The molecule has 0 amide bonds. The van der Waals surface area contributed by atoms with E-state index in [0.717, 1.165) is 5.69 Å². The number of nitrogens with one attached hydrogen (secondary N) is 1. The Morgan fingerprint density at radius 2 is 2.18 bits per heavy atom. The Balaban J connectivity index is 2.15. The molecule has 2 rings (SSSR count). The highest BCUT2D eigenvalue weighted by Gasteiger charge is 2.05. The van der Waals surface area contributed by atoms with Crippen molar-refractivity contribution >= 4 is 11.7 Å². The molecule has 3 N–H and O–H groups in total. The number of hydrogen-bond acceptors (Lipinski definition) is 5. The van der Waals surface area contributed by atoms with E-state index in [1.165, 1.54) is 5.56 Å². The van der Waals surface area contributed by atoms with E-state index in [4.69, 9.17) is 10.2 Å². The molecule has 0 bridgehead atoms. The second-order valence-corrected chi connectivity index (χ2v) is 4.11. The Morgan fingerprint density at radius 1 is 1.35 bits per heavy atom. The van der Waals surface area contributed by atoms with Gasteiger partial charge >= 0.3 is 6.01 Å². The highest BCUT2D eigenvalue weighted by atomic mass is 16.4. The van der Waals surface area contributed by atoms with Crippen molar-refractivity contribution < 1.29 is 4.42 Å². The molecule has 0 saturated heterocycles. The largest absolute Gasteiger partial charge is 0.406 e. The minimum atomic E-state index is 0.251. The maximum Gasteiger partial charge on any atom is 0.320 e. The third kappa shape index (κ3) is 2.82. The van der Waals surface area contributed by atoms with Gasteiger partial charge in [0.25, 0.3) is 0 Å². The fourth-order valence-corrected chi connectivity index (χ4v) is 1.49. The molecular weight excluding hydrogens is 216 g/mol. The van der Waals surface area contributed by atoms with Gasteiger partial charge in [-0.25, -0.2) is 0 Å². The molecule has 17 heavy (non-hydrogen) atoms. The van der Waals surface area contributed by atoms with Gasteiger partial charge in [0.2, 0.25) is 5.89 Å². The van der Waals surface area contributed by atoms with Gasteiger partial charge in [-0.05, 0) is 23.6 Å². The van der Waals surface area contributed by atoms with Crippen LogP contribution in [0.5, 0.6) is 0 Å². The van der Waals surface area contributed by atoms with Crippen LogP contribution in [0.1, 0.15) is 31.2 Å². The first-order valence-electron chi connectivity index (χ1n) is 5.58. The first-order valence-corrected chi connectivity index (χ1v) is 5.58. The van der Waals surface area contributed by atoms with Crippen LogP contribution in [0.3, 0.4) is 0 Å². The van der Waals surface area contributed by atoms with E-state index in [9.17, 15) is 0 Å². The standard InChI is InChI=1S/C12H16N4O/c1-8(2)9-4-3-5-10(6-9)14-12-16-15-11(7-13)17-12/h3-6,8H,7,13H2,1-2H3,(H,14,16). The van der Waals surface area contributed by atoms with Crippen LogP contribution in [0, 0.1) is 0 Å². The number of anilines is 2.